The molecule has 9 heteroatoms. The van der Waals surface area contributed by atoms with Crippen LogP contribution in [0.2, 0.25) is 0 Å². The lowest BCUT2D eigenvalue weighted by molar-refractivity contribution is 0.154. The first-order valence-corrected chi connectivity index (χ1v) is 14.2. The first-order valence-electron chi connectivity index (χ1n) is 14.2. The molecule has 0 atom stereocenters. The number of ether oxygens (including phenoxy) is 2. The second-order valence-corrected chi connectivity index (χ2v) is 10.7. The number of hydrogen-bond donors (Lipinski definition) is 2. The van der Waals surface area contributed by atoms with E-state index in [9.17, 15) is 0 Å². The van der Waals surface area contributed by atoms with Gasteiger partial charge in [0.15, 0.2) is 11.5 Å². The summed E-state index contributed by atoms with van der Waals surface area (Å²) < 4.78 is 11.2. The van der Waals surface area contributed by atoms with E-state index in [0.717, 1.165) is 94.9 Å². The van der Waals surface area contributed by atoms with Crippen molar-refractivity contribution in [2.24, 2.45) is 0 Å². The van der Waals surface area contributed by atoms with Crippen LogP contribution in [0.4, 0.5) is 11.8 Å². The number of benzene rings is 2. The van der Waals surface area contributed by atoms with Crippen LogP contribution in [-0.2, 0) is 6.54 Å². The van der Waals surface area contributed by atoms with Gasteiger partial charge in [-0.25, -0.2) is 4.98 Å². The summed E-state index contributed by atoms with van der Waals surface area (Å²) in [5.41, 5.74) is 2.21. The second-order valence-electron chi connectivity index (χ2n) is 10.7. The number of likely N-dealkylation sites (N-methyl/N-ethyl adjacent to an activating group) is 1. The summed E-state index contributed by atoms with van der Waals surface area (Å²) in [6, 6.07) is 15.0. The second kappa shape index (κ2) is 13.3. The fraction of sp³-hybridized carbons (Fsp3) is 0.533. The van der Waals surface area contributed by atoms with Gasteiger partial charge in [-0.1, -0.05) is 30.3 Å². The summed E-state index contributed by atoms with van der Waals surface area (Å²) >= 11 is 0. The van der Waals surface area contributed by atoms with Crippen molar-refractivity contribution >= 4 is 22.7 Å². The molecule has 2 N–H and O–H groups in total. The Kier molecular flexibility index (Phi) is 9.34. The topological polar surface area (TPSA) is 78.0 Å². The predicted molar refractivity (Wildman–Crippen MR) is 158 cm³/mol. The number of fused-ring (bicyclic) bond motifs is 1. The van der Waals surface area contributed by atoms with Gasteiger partial charge in [-0.3, -0.25) is 4.90 Å². The quantitative estimate of drug-likeness (QED) is 0.358. The molecule has 0 saturated carbocycles. The average molecular weight is 534 g/mol. The lowest BCUT2D eigenvalue weighted by Crippen LogP contribution is -2.44. The Labute approximate surface area is 232 Å². The number of hydrogen-bond acceptors (Lipinski definition) is 9. The number of nitrogens with zero attached hydrogens (tertiary/aromatic N) is 5. The molecule has 0 spiro atoms. The lowest BCUT2D eigenvalue weighted by atomic mass is 10.0. The zero-order chi connectivity index (χ0) is 27.0. The summed E-state index contributed by atoms with van der Waals surface area (Å²) in [5.74, 6) is 2.85. The summed E-state index contributed by atoms with van der Waals surface area (Å²) in [6.45, 7) is 9.62. The molecular formula is C30H43N7O2. The van der Waals surface area contributed by atoms with Gasteiger partial charge in [0, 0.05) is 69.9 Å². The van der Waals surface area contributed by atoms with Crippen LogP contribution in [0.15, 0.2) is 42.5 Å². The molecule has 2 aliphatic heterocycles. The molecule has 3 heterocycles. The van der Waals surface area contributed by atoms with Crippen LogP contribution in [0, 0.1) is 0 Å². The van der Waals surface area contributed by atoms with Crippen LogP contribution in [0.25, 0.3) is 10.9 Å². The minimum Gasteiger partial charge on any atom is -0.493 e. The number of piperidine rings is 1. The van der Waals surface area contributed by atoms with E-state index in [1.165, 1.54) is 5.56 Å². The minimum atomic E-state index is 0.355. The van der Waals surface area contributed by atoms with Crippen LogP contribution in [0.1, 0.15) is 24.8 Å². The SMILES string of the molecule is COc1cc2nc(NCCCN3CCN(C)CC3)nc(NC3CCN(Cc4ccccc4)CC3)c2cc1OC. The molecule has 9 nitrogen and oxygen atoms in total. The minimum absolute atomic E-state index is 0.355. The third kappa shape index (κ3) is 7.29. The number of piperazine rings is 1. The predicted octanol–water partition coefficient (Wildman–Crippen LogP) is 3.77. The van der Waals surface area contributed by atoms with Crippen molar-refractivity contribution in [3.05, 3.63) is 48.0 Å². The van der Waals surface area contributed by atoms with Gasteiger partial charge in [0.1, 0.15) is 5.82 Å². The van der Waals surface area contributed by atoms with E-state index >= 15 is 0 Å². The summed E-state index contributed by atoms with van der Waals surface area (Å²) in [4.78, 5) is 17.2. The Morgan fingerprint density at radius 3 is 2.31 bits per heavy atom. The Hall–Kier alpha value is -3.14. The number of nitrogens with one attached hydrogen (secondary N) is 2. The molecule has 0 radical (unpaired) electrons. The monoisotopic (exact) mass is 533 g/mol. The maximum atomic E-state index is 5.60. The molecule has 3 aromatic rings. The van der Waals surface area contributed by atoms with Gasteiger partial charge in [-0.2, -0.15) is 4.98 Å². The molecule has 0 unspecified atom stereocenters. The number of anilines is 2. The van der Waals surface area contributed by atoms with E-state index < -0.39 is 0 Å². The van der Waals surface area contributed by atoms with E-state index in [1.54, 1.807) is 14.2 Å². The van der Waals surface area contributed by atoms with Crippen LogP contribution in [-0.4, -0.2) is 104 Å². The van der Waals surface area contributed by atoms with Gasteiger partial charge in [0.05, 0.1) is 19.7 Å². The molecule has 0 aliphatic carbocycles. The van der Waals surface area contributed by atoms with Gasteiger partial charge in [-0.05, 0) is 44.5 Å². The van der Waals surface area contributed by atoms with E-state index in [1.807, 2.05) is 12.1 Å². The molecule has 0 bridgehead atoms. The van der Waals surface area contributed by atoms with Crippen molar-refractivity contribution in [2.75, 3.05) is 84.3 Å². The molecule has 2 aliphatic rings. The highest BCUT2D eigenvalue weighted by atomic mass is 16.5. The van der Waals surface area contributed by atoms with Gasteiger partial charge >= 0.3 is 0 Å². The first-order chi connectivity index (χ1) is 19.1. The van der Waals surface area contributed by atoms with Crippen LogP contribution >= 0.6 is 0 Å². The highest BCUT2D eigenvalue weighted by molar-refractivity contribution is 5.92. The van der Waals surface area contributed by atoms with Crippen molar-refractivity contribution in [1.82, 2.24) is 24.7 Å². The zero-order valence-corrected chi connectivity index (χ0v) is 23.7. The van der Waals surface area contributed by atoms with Crippen molar-refractivity contribution in [1.29, 1.82) is 0 Å². The molecule has 2 fully saturated rings. The third-order valence-corrected chi connectivity index (χ3v) is 7.91. The maximum absolute atomic E-state index is 5.60. The third-order valence-electron chi connectivity index (χ3n) is 7.91. The molecule has 39 heavy (non-hydrogen) atoms. The average Bonchev–Trinajstić information content (AvgIpc) is 2.97. The molecule has 2 saturated heterocycles. The van der Waals surface area contributed by atoms with Crippen molar-refractivity contribution in [3.63, 3.8) is 0 Å². The summed E-state index contributed by atoms with van der Waals surface area (Å²) in [5, 5.41) is 8.19. The van der Waals surface area contributed by atoms with Crippen LogP contribution in [0.3, 0.4) is 0 Å². The number of methoxy groups -OCH3 is 2. The fourth-order valence-electron chi connectivity index (χ4n) is 5.49. The standard InChI is InChI=1S/C30H43N7O2/c1-35-16-18-36(19-17-35)13-7-12-31-30-33-26-21-28(39-3)27(38-2)20-25(26)29(34-30)32-24-10-14-37(15-11-24)22-23-8-5-4-6-9-23/h4-6,8-9,20-21,24H,7,10-19,22H2,1-3H3,(H2,31,32,33,34). The number of aromatic nitrogens is 2. The normalized spacial score (nSPS) is 17.8. The van der Waals surface area contributed by atoms with E-state index in [0.29, 0.717) is 23.5 Å². The molecular weight excluding hydrogens is 490 g/mol. The summed E-state index contributed by atoms with van der Waals surface area (Å²) in [6.07, 6.45) is 3.19. The van der Waals surface area contributed by atoms with Gasteiger partial charge in [0.25, 0.3) is 0 Å². The van der Waals surface area contributed by atoms with Crippen molar-refractivity contribution in [3.8, 4) is 11.5 Å². The van der Waals surface area contributed by atoms with E-state index in [2.05, 4.69) is 62.7 Å². The molecule has 210 valence electrons. The van der Waals surface area contributed by atoms with Crippen LogP contribution in [0.5, 0.6) is 11.5 Å². The van der Waals surface area contributed by atoms with Crippen molar-refractivity contribution in [2.45, 2.75) is 31.8 Å². The Morgan fingerprint density at radius 2 is 1.59 bits per heavy atom. The Balaban J connectivity index is 1.25. The Bertz CT molecular complexity index is 1190. The Morgan fingerprint density at radius 1 is 0.872 bits per heavy atom. The van der Waals surface area contributed by atoms with Crippen LogP contribution < -0.4 is 20.1 Å². The number of likely N-dealkylation sites (tertiary alicyclic amines) is 1. The zero-order valence-electron chi connectivity index (χ0n) is 23.7. The molecule has 2 aromatic carbocycles. The highest BCUT2D eigenvalue weighted by Crippen LogP contribution is 2.35. The fourth-order valence-corrected chi connectivity index (χ4v) is 5.49. The molecule has 0 amide bonds. The lowest BCUT2D eigenvalue weighted by Gasteiger charge is -2.33. The smallest absolute Gasteiger partial charge is 0.225 e. The van der Waals surface area contributed by atoms with E-state index in [4.69, 9.17) is 19.4 Å². The largest absolute Gasteiger partial charge is 0.493 e. The molecule has 5 rings (SSSR count). The van der Waals surface area contributed by atoms with Crippen molar-refractivity contribution < 1.29 is 9.47 Å². The van der Waals surface area contributed by atoms with Gasteiger partial charge < -0.3 is 29.9 Å². The van der Waals surface area contributed by atoms with Gasteiger partial charge in [-0.15, -0.1) is 0 Å². The van der Waals surface area contributed by atoms with Gasteiger partial charge in [0.2, 0.25) is 5.95 Å². The maximum Gasteiger partial charge on any atom is 0.225 e. The number of rotatable bonds is 11. The van der Waals surface area contributed by atoms with E-state index in [-0.39, 0.29) is 0 Å². The molecule has 1 aromatic heterocycles. The highest BCUT2D eigenvalue weighted by Gasteiger charge is 2.22. The summed E-state index contributed by atoms with van der Waals surface area (Å²) in [7, 11) is 5.52. The first kappa shape index (κ1) is 27.4.